The van der Waals surface area contributed by atoms with Gasteiger partial charge in [0.15, 0.2) is 0 Å². The minimum Gasteiger partial charge on any atom is -0.480 e. The van der Waals surface area contributed by atoms with E-state index in [0.717, 1.165) is 33.2 Å². The van der Waals surface area contributed by atoms with Gasteiger partial charge < -0.3 is 15.0 Å². The summed E-state index contributed by atoms with van der Waals surface area (Å²) in [5, 5.41) is 13.5. The number of benzene rings is 1. The summed E-state index contributed by atoms with van der Waals surface area (Å²) in [6.45, 7) is 2.06. The first-order valence-electron chi connectivity index (χ1n) is 8.04. The van der Waals surface area contributed by atoms with Crippen molar-refractivity contribution in [2.75, 3.05) is 5.32 Å². The van der Waals surface area contributed by atoms with Gasteiger partial charge in [0.2, 0.25) is 0 Å². The van der Waals surface area contributed by atoms with Crippen LogP contribution in [0.1, 0.15) is 18.2 Å². The molecule has 3 rings (SSSR count). The number of carbonyl (C=O) groups is 1. The lowest BCUT2D eigenvalue weighted by Gasteiger charge is -2.16. The molecule has 3 aromatic rings. The molecular weight excluding hydrogens is 384 g/mol. The maximum Gasteiger partial charge on any atom is 0.326 e. The lowest BCUT2D eigenvalue weighted by atomic mass is 10.1. The van der Waals surface area contributed by atoms with Crippen LogP contribution in [0.2, 0.25) is 0 Å². The SMILES string of the molecule is CCc1c(Br)c2c(N[C@H](Cc3ccccc3)C(=O)O)ncnc2n1C. The van der Waals surface area contributed by atoms with Gasteiger partial charge in [-0.15, -0.1) is 0 Å². The summed E-state index contributed by atoms with van der Waals surface area (Å²) in [4.78, 5) is 20.4. The molecule has 0 amide bonds. The van der Waals surface area contributed by atoms with Crippen molar-refractivity contribution >= 4 is 38.8 Å². The van der Waals surface area contributed by atoms with E-state index in [-0.39, 0.29) is 0 Å². The predicted octanol–water partition coefficient (Wildman–Crippen LogP) is 3.40. The van der Waals surface area contributed by atoms with Gasteiger partial charge >= 0.3 is 5.97 Å². The molecule has 7 heteroatoms. The molecule has 2 N–H and O–H groups in total. The van der Waals surface area contributed by atoms with Crippen molar-refractivity contribution in [1.29, 1.82) is 0 Å². The monoisotopic (exact) mass is 402 g/mol. The summed E-state index contributed by atoms with van der Waals surface area (Å²) in [5.74, 6) is -0.395. The van der Waals surface area contributed by atoms with Gasteiger partial charge in [-0.2, -0.15) is 0 Å². The zero-order valence-corrected chi connectivity index (χ0v) is 15.6. The van der Waals surface area contributed by atoms with E-state index in [2.05, 4.69) is 38.1 Å². The Labute approximate surface area is 154 Å². The number of anilines is 1. The highest BCUT2D eigenvalue weighted by Crippen LogP contribution is 2.34. The second kappa shape index (κ2) is 7.23. The van der Waals surface area contributed by atoms with Crippen LogP contribution >= 0.6 is 15.9 Å². The van der Waals surface area contributed by atoms with E-state index in [1.54, 1.807) is 0 Å². The number of halogens is 1. The van der Waals surface area contributed by atoms with Gasteiger partial charge in [0.25, 0.3) is 0 Å². The molecule has 0 fully saturated rings. The Morgan fingerprint density at radius 3 is 2.68 bits per heavy atom. The predicted molar refractivity (Wildman–Crippen MR) is 101 cm³/mol. The van der Waals surface area contributed by atoms with E-state index >= 15 is 0 Å². The summed E-state index contributed by atoms with van der Waals surface area (Å²) in [6.07, 6.45) is 2.66. The quantitative estimate of drug-likeness (QED) is 0.660. The molecule has 0 bridgehead atoms. The fraction of sp³-hybridized carbons (Fsp3) is 0.278. The Kier molecular flexibility index (Phi) is 5.03. The molecular formula is C18H19BrN4O2. The van der Waals surface area contributed by atoms with E-state index in [1.807, 2.05) is 41.9 Å². The third-order valence-corrected chi connectivity index (χ3v) is 5.10. The Morgan fingerprint density at radius 2 is 2.04 bits per heavy atom. The summed E-state index contributed by atoms with van der Waals surface area (Å²) in [6, 6.07) is 8.77. The lowest BCUT2D eigenvalue weighted by Crippen LogP contribution is -2.32. The zero-order chi connectivity index (χ0) is 18.0. The number of rotatable bonds is 6. The van der Waals surface area contributed by atoms with Crippen molar-refractivity contribution < 1.29 is 9.90 Å². The molecule has 1 atom stereocenters. The molecule has 0 aliphatic rings. The van der Waals surface area contributed by atoms with Gasteiger partial charge in [-0.05, 0) is 27.9 Å². The van der Waals surface area contributed by atoms with E-state index < -0.39 is 12.0 Å². The van der Waals surface area contributed by atoms with Crippen LogP contribution in [-0.4, -0.2) is 31.7 Å². The van der Waals surface area contributed by atoms with Gasteiger partial charge in [-0.3, -0.25) is 0 Å². The van der Waals surface area contributed by atoms with E-state index in [4.69, 9.17) is 0 Å². The van der Waals surface area contributed by atoms with Crippen molar-refractivity contribution in [2.45, 2.75) is 25.8 Å². The number of aliphatic carboxylic acids is 1. The van der Waals surface area contributed by atoms with Crippen molar-refractivity contribution in [1.82, 2.24) is 14.5 Å². The molecule has 0 aliphatic heterocycles. The zero-order valence-electron chi connectivity index (χ0n) is 14.0. The van der Waals surface area contributed by atoms with E-state index in [0.29, 0.717) is 12.2 Å². The van der Waals surface area contributed by atoms with Gasteiger partial charge in [-0.1, -0.05) is 37.3 Å². The minimum absolute atomic E-state index is 0.368. The normalized spacial score (nSPS) is 12.3. The standard InChI is InChI=1S/C18H19BrN4O2/c1-3-13-15(19)14-16(20-10-21-17(14)23(13)2)22-12(18(24)25)9-11-7-5-4-6-8-11/h4-8,10,12H,3,9H2,1-2H3,(H,24,25)(H,20,21,22)/t12-/m1/s1. The molecule has 0 saturated carbocycles. The van der Waals surface area contributed by atoms with Crippen LogP contribution in [-0.2, 0) is 24.7 Å². The molecule has 25 heavy (non-hydrogen) atoms. The smallest absolute Gasteiger partial charge is 0.326 e. The molecule has 0 unspecified atom stereocenters. The minimum atomic E-state index is -0.918. The molecule has 2 heterocycles. The highest BCUT2D eigenvalue weighted by molar-refractivity contribution is 9.10. The Bertz CT molecular complexity index is 908. The van der Waals surface area contributed by atoms with Crippen molar-refractivity contribution in [3.63, 3.8) is 0 Å². The fourth-order valence-corrected chi connectivity index (χ4v) is 3.88. The number of aryl methyl sites for hydroxylation is 1. The van der Waals surface area contributed by atoms with Gasteiger partial charge in [0, 0.05) is 19.2 Å². The molecule has 1 aromatic carbocycles. The van der Waals surface area contributed by atoms with Gasteiger partial charge in [0.05, 0.1) is 9.86 Å². The van der Waals surface area contributed by atoms with Crippen LogP contribution in [0.15, 0.2) is 41.1 Å². The van der Waals surface area contributed by atoms with Crippen molar-refractivity contribution in [2.24, 2.45) is 7.05 Å². The van der Waals surface area contributed by atoms with Gasteiger partial charge in [-0.25, -0.2) is 14.8 Å². The van der Waals surface area contributed by atoms with Crippen LogP contribution in [0.3, 0.4) is 0 Å². The maximum absolute atomic E-state index is 11.7. The number of hydrogen-bond acceptors (Lipinski definition) is 4. The first kappa shape index (κ1) is 17.4. The largest absolute Gasteiger partial charge is 0.480 e. The number of nitrogens with zero attached hydrogens (tertiary/aromatic N) is 3. The molecule has 0 aliphatic carbocycles. The molecule has 2 aromatic heterocycles. The van der Waals surface area contributed by atoms with E-state index in [9.17, 15) is 9.90 Å². The van der Waals surface area contributed by atoms with Crippen molar-refractivity contribution in [3.8, 4) is 0 Å². The average Bonchev–Trinajstić information content (AvgIpc) is 2.86. The number of carboxylic acid groups (broad SMARTS) is 1. The molecule has 0 radical (unpaired) electrons. The van der Waals surface area contributed by atoms with Crippen LogP contribution in [0.4, 0.5) is 5.82 Å². The third kappa shape index (κ3) is 3.37. The maximum atomic E-state index is 11.7. The fourth-order valence-electron chi connectivity index (χ4n) is 2.97. The number of hydrogen-bond donors (Lipinski definition) is 2. The van der Waals surface area contributed by atoms with Crippen LogP contribution in [0, 0.1) is 0 Å². The number of carboxylic acids is 1. The topological polar surface area (TPSA) is 80.0 Å². The second-order valence-corrected chi connectivity index (χ2v) is 6.61. The second-order valence-electron chi connectivity index (χ2n) is 5.82. The Balaban J connectivity index is 1.99. The van der Waals surface area contributed by atoms with E-state index in [1.165, 1.54) is 6.33 Å². The van der Waals surface area contributed by atoms with Crippen LogP contribution in [0.25, 0.3) is 11.0 Å². The molecule has 0 saturated heterocycles. The Hall–Kier alpha value is -2.41. The highest BCUT2D eigenvalue weighted by atomic mass is 79.9. The summed E-state index contributed by atoms with van der Waals surface area (Å²) in [5.41, 5.74) is 2.81. The molecule has 6 nitrogen and oxygen atoms in total. The van der Waals surface area contributed by atoms with Gasteiger partial charge in [0.1, 0.15) is 23.8 Å². The molecule has 130 valence electrons. The average molecular weight is 403 g/mol. The number of nitrogens with one attached hydrogen (secondary N) is 1. The Morgan fingerprint density at radius 1 is 1.32 bits per heavy atom. The summed E-state index contributed by atoms with van der Waals surface area (Å²) < 4.78 is 2.90. The third-order valence-electron chi connectivity index (χ3n) is 4.25. The number of fused-ring (bicyclic) bond motifs is 1. The number of aromatic nitrogens is 3. The van der Waals surface area contributed by atoms with Crippen molar-refractivity contribution in [3.05, 3.63) is 52.4 Å². The molecule has 0 spiro atoms. The summed E-state index contributed by atoms with van der Waals surface area (Å²) >= 11 is 3.62. The highest BCUT2D eigenvalue weighted by Gasteiger charge is 2.22. The lowest BCUT2D eigenvalue weighted by molar-refractivity contribution is -0.137. The first-order valence-corrected chi connectivity index (χ1v) is 8.83. The van der Waals surface area contributed by atoms with Crippen LogP contribution < -0.4 is 5.32 Å². The van der Waals surface area contributed by atoms with Crippen LogP contribution in [0.5, 0.6) is 0 Å². The summed E-state index contributed by atoms with van der Waals surface area (Å²) in [7, 11) is 1.95. The first-order chi connectivity index (χ1) is 12.0.